The van der Waals surface area contributed by atoms with Crippen LogP contribution >= 0.6 is 0 Å². The van der Waals surface area contributed by atoms with Crippen LogP contribution in [0, 0.1) is 23.7 Å². The zero-order valence-electron chi connectivity index (χ0n) is 11.7. The molecule has 1 aromatic heterocycles. The van der Waals surface area contributed by atoms with E-state index in [1.54, 1.807) is 18.5 Å². The molecule has 1 amide bonds. The van der Waals surface area contributed by atoms with Gasteiger partial charge in [0.1, 0.15) is 6.61 Å². The van der Waals surface area contributed by atoms with E-state index in [1.165, 1.54) is 19.3 Å². The van der Waals surface area contributed by atoms with Crippen LogP contribution in [0.5, 0.6) is 0 Å². The summed E-state index contributed by atoms with van der Waals surface area (Å²) in [5.41, 5.74) is 1.07. The molecule has 106 valence electrons. The van der Waals surface area contributed by atoms with Crippen molar-refractivity contribution in [2.24, 2.45) is 11.8 Å². The molecule has 2 rings (SSSR count). The van der Waals surface area contributed by atoms with Gasteiger partial charge in [0.05, 0.1) is 11.1 Å². The maximum atomic E-state index is 12.2. The Kier molecular flexibility index (Phi) is 5.14. The molecule has 20 heavy (non-hydrogen) atoms. The second-order valence-corrected chi connectivity index (χ2v) is 5.38. The number of carbonyl (C=O) groups is 1. The molecule has 0 spiro atoms. The minimum atomic E-state index is -0.226. The van der Waals surface area contributed by atoms with Crippen molar-refractivity contribution in [3.8, 4) is 11.8 Å². The number of hydrogen-bond acceptors (Lipinski definition) is 3. The Labute approximate surface area is 119 Å². The molecular formula is C16H20N2O2. The first-order chi connectivity index (χ1) is 9.70. The van der Waals surface area contributed by atoms with Crippen LogP contribution in [0.2, 0.25) is 0 Å². The van der Waals surface area contributed by atoms with Crippen molar-refractivity contribution < 1.29 is 9.90 Å². The molecule has 0 aromatic carbocycles. The third kappa shape index (κ3) is 3.82. The molecule has 0 aliphatic heterocycles. The molecule has 1 fully saturated rings. The van der Waals surface area contributed by atoms with Crippen LogP contribution in [0.3, 0.4) is 0 Å². The first-order valence-corrected chi connectivity index (χ1v) is 7.02. The summed E-state index contributed by atoms with van der Waals surface area (Å²) in [5, 5.41) is 11.7. The van der Waals surface area contributed by atoms with Crippen LogP contribution in [0.4, 0.5) is 0 Å². The number of amides is 1. The van der Waals surface area contributed by atoms with Crippen LogP contribution in [0.15, 0.2) is 18.5 Å². The molecule has 0 bridgehead atoms. The predicted octanol–water partition coefficient (Wildman–Crippen LogP) is 1.59. The van der Waals surface area contributed by atoms with E-state index in [0.29, 0.717) is 17.0 Å². The Morgan fingerprint density at radius 2 is 2.40 bits per heavy atom. The lowest BCUT2D eigenvalue weighted by molar-refractivity contribution is 0.0946. The van der Waals surface area contributed by atoms with Crippen LogP contribution in [0.1, 0.15) is 42.1 Å². The number of nitrogens with zero attached hydrogens (tertiary/aromatic N) is 1. The Balaban J connectivity index is 1.98. The summed E-state index contributed by atoms with van der Waals surface area (Å²) in [4.78, 5) is 16.2. The molecule has 2 N–H and O–H groups in total. The number of aliphatic hydroxyl groups is 1. The largest absolute Gasteiger partial charge is 0.384 e. The summed E-state index contributed by atoms with van der Waals surface area (Å²) in [6.07, 6.45) is 6.76. The third-order valence-electron chi connectivity index (χ3n) is 3.72. The summed E-state index contributed by atoms with van der Waals surface area (Å²) in [6.45, 7) is 2.75. The minimum absolute atomic E-state index is 0.116. The highest BCUT2D eigenvalue weighted by atomic mass is 16.2. The molecule has 1 heterocycles. The molecule has 4 heteroatoms. The molecule has 1 aliphatic carbocycles. The molecule has 1 aliphatic rings. The highest BCUT2D eigenvalue weighted by Gasteiger charge is 2.22. The van der Waals surface area contributed by atoms with Crippen molar-refractivity contribution in [2.75, 3.05) is 13.2 Å². The van der Waals surface area contributed by atoms with Gasteiger partial charge in [0, 0.05) is 18.9 Å². The van der Waals surface area contributed by atoms with Crippen molar-refractivity contribution >= 4 is 5.91 Å². The van der Waals surface area contributed by atoms with Crippen LogP contribution in [0.25, 0.3) is 0 Å². The van der Waals surface area contributed by atoms with Crippen LogP contribution in [-0.4, -0.2) is 29.1 Å². The van der Waals surface area contributed by atoms with E-state index in [9.17, 15) is 4.79 Å². The predicted molar refractivity (Wildman–Crippen MR) is 77.0 cm³/mol. The SMILES string of the molecule is CC1CCC(CNC(=O)c2ccncc2C#CCO)C1. The summed E-state index contributed by atoms with van der Waals surface area (Å²) < 4.78 is 0. The minimum Gasteiger partial charge on any atom is -0.384 e. The molecule has 0 saturated heterocycles. The van der Waals surface area contributed by atoms with Crippen LogP contribution < -0.4 is 5.32 Å². The smallest absolute Gasteiger partial charge is 0.252 e. The number of aromatic nitrogens is 1. The average Bonchev–Trinajstić information content (AvgIpc) is 2.88. The van der Waals surface area contributed by atoms with Crippen LogP contribution in [-0.2, 0) is 0 Å². The van der Waals surface area contributed by atoms with Gasteiger partial charge in [0.2, 0.25) is 0 Å². The lowest BCUT2D eigenvalue weighted by Gasteiger charge is -2.11. The van der Waals surface area contributed by atoms with Gasteiger partial charge in [-0.2, -0.15) is 0 Å². The van der Waals surface area contributed by atoms with Crippen molar-refractivity contribution in [2.45, 2.75) is 26.2 Å². The highest BCUT2D eigenvalue weighted by molar-refractivity contribution is 5.96. The fourth-order valence-electron chi connectivity index (χ4n) is 2.67. The first kappa shape index (κ1) is 14.5. The molecule has 0 radical (unpaired) electrons. The summed E-state index contributed by atoms with van der Waals surface area (Å²) >= 11 is 0. The standard InChI is InChI=1S/C16H20N2O2/c1-12-4-5-13(9-12)10-18-16(20)15-6-7-17-11-14(15)3-2-8-19/h6-7,11-13,19H,4-5,8-10H2,1H3,(H,18,20). The second-order valence-electron chi connectivity index (χ2n) is 5.38. The second kappa shape index (κ2) is 7.06. The number of nitrogens with one attached hydrogen (secondary N) is 1. The molecule has 1 saturated carbocycles. The van der Waals surface area contributed by atoms with Gasteiger partial charge < -0.3 is 10.4 Å². The molecule has 2 unspecified atom stereocenters. The highest BCUT2D eigenvalue weighted by Crippen LogP contribution is 2.29. The lowest BCUT2D eigenvalue weighted by Crippen LogP contribution is -2.29. The zero-order valence-corrected chi connectivity index (χ0v) is 11.7. The first-order valence-electron chi connectivity index (χ1n) is 7.02. The normalized spacial score (nSPS) is 21.1. The molecular weight excluding hydrogens is 252 g/mol. The van der Waals surface area contributed by atoms with E-state index in [4.69, 9.17) is 5.11 Å². The third-order valence-corrected chi connectivity index (χ3v) is 3.72. The fourth-order valence-corrected chi connectivity index (χ4v) is 2.67. The summed E-state index contributed by atoms with van der Waals surface area (Å²) in [7, 11) is 0. The van der Waals surface area contributed by atoms with E-state index < -0.39 is 0 Å². The summed E-state index contributed by atoms with van der Waals surface area (Å²) in [6, 6.07) is 1.66. The van der Waals surface area contributed by atoms with E-state index in [0.717, 1.165) is 12.5 Å². The van der Waals surface area contributed by atoms with E-state index >= 15 is 0 Å². The Hall–Kier alpha value is -1.86. The maximum absolute atomic E-state index is 12.2. The van der Waals surface area contributed by atoms with E-state index in [2.05, 4.69) is 29.1 Å². The number of hydrogen-bond donors (Lipinski definition) is 2. The number of carbonyl (C=O) groups excluding carboxylic acids is 1. The maximum Gasteiger partial charge on any atom is 0.252 e. The molecule has 4 nitrogen and oxygen atoms in total. The Bertz CT molecular complexity index is 531. The van der Waals surface area contributed by atoms with E-state index in [1.807, 2.05) is 0 Å². The van der Waals surface area contributed by atoms with Gasteiger partial charge in [0.15, 0.2) is 0 Å². The Morgan fingerprint density at radius 3 is 3.10 bits per heavy atom. The zero-order chi connectivity index (χ0) is 14.4. The van der Waals surface area contributed by atoms with Gasteiger partial charge in [-0.05, 0) is 30.7 Å². The topological polar surface area (TPSA) is 62.2 Å². The van der Waals surface area contributed by atoms with Gasteiger partial charge in [-0.15, -0.1) is 0 Å². The fraction of sp³-hybridized carbons (Fsp3) is 0.500. The number of pyridine rings is 1. The van der Waals surface area contributed by atoms with E-state index in [-0.39, 0.29) is 12.5 Å². The van der Waals surface area contributed by atoms with Crippen molar-refractivity contribution in [3.63, 3.8) is 0 Å². The molecule has 2 atom stereocenters. The van der Waals surface area contributed by atoms with Crippen molar-refractivity contribution in [3.05, 3.63) is 29.6 Å². The average molecular weight is 272 g/mol. The van der Waals surface area contributed by atoms with Gasteiger partial charge in [0.25, 0.3) is 5.91 Å². The lowest BCUT2D eigenvalue weighted by atomic mass is 10.1. The van der Waals surface area contributed by atoms with Gasteiger partial charge in [-0.3, -0.25) is 9.78 Å². The quantitative estimate of drug-likeness (QED) is 0.821. The number of rotatable bonds is 3. The van der Waals surface area contributed by atoms with Crippen molar-refractivity contribution in [1.29, 1.82) is 0 Å². The Morgan fingerprint density at radius 1 is 1.55 bits per heavy atom. The summed E-state index contributed by atoms with van der Waals surface area (Å²) in [5.74, 6) is 6.54. The van der Waals surface area contributed by atoms with Crippen molar-refractivity contribution in [1.82, 2.24) is 10.3 Å². The monoisotopic (exact) mass is 272 g/mol. The number of aliphatic hydroxyl groups excluding tert-OH is 1. The van der Waals surface area contributed by atoms with Gasteiger partial charge >= 0.3 is 0 Å². The van der Waals surface area contributed by atoms with Gasteiger partial charge in [-0.1, -0.05) is 25.2 Å². The molecule has 1 aromatic rings. The van der Waals surface area contributed by atoms with Gasteiger partial charge in [-0.25, -0.2) is 0 Å².